The van der Waals surface area contributed by atoms with Gasteiger partial charge in [0.05, 0.1) is 11.5 Å². The first-order valence-corrected chi connectivity index (χ1v) is 9.56. The van der Waals surface area contributed by atoms with Crippen LogP contribution in [0.3, 0.4) is 0 Å². The smallest absolute Gasteiger partial charge is 0.339 e. The van der Waals surface area contributed by atoms with Gasteiger partial charge in [0, 0.05) is 25.1 Å². The maximum atomic E-state index is 13.2. The van der Waals surface area contributed by atoms with E-state index in [2.05, 4.69) is 10.1 Å². The molecule has 0 aliphatic carbocycles. The Bertz CT molecular complexity index is 1090. The predicted octanol–water partition coefficient (Wildman–Crippen LogP) is 4.89. The fourth-order valence-corrected chi connectivity index (χ4v) is 3.81. The van der Waals surface area contributed by atoms with Crippen LogP contribution >= 0.6 is 0 Å². The van der Waals surface area contributed by atoms with Crippen LogP contribution in [0.2, 0.25) is 0 Å². The van der Waals surface area contributed by atoms with Crippen LogP contribution in [-0.4, -0.2) is 27.5 Å². The van der Waals surface area contributed by atoms with Gasteiger partial charge in [0.15, 0.2) is 0 Å². The quantitative estimate of drug-likeness (QED) is 0.609. The van der Waals surface area contributed by atoms with E-state index in [-0.39, 0.29) is 36.9 Å². The lowest BCUT2D eigenvalue weighted by atomic mass is 10.1. The van der Waals surface area contributed by atoms with Gasteiger partial charge in [-0.3, -0.25) is 4.79 Å². The van der Waals surface area contributed by atoms with E-state index in [1.165, 1.54) is 23.1 Å². The summed E-state index contributed by atoms with van der Waals surface area (Å²) in [5, 5.41) is 4.04. The Hall–Kier alpha value is -3.16. The second kappa shape index (κ2) is 7.59. The molecule has 1 aliphatic heterocycles. The molecule has 8 heteroatoms. The molecule has 4 rings (SSSR count). The van der Waals surface area contributed by atoms with E-state index in [0.29, 0.717) is 11.7 Å². The Labute approximate surface area is 171 Å². The SMILES string of the molecule is Cc1ccc(-c2noc(C3CC(=O)N(Cc4ccccc4C(F)(F)F)C3)n2)c(C)c1. The predicted molar refractivity (Wildman–Crippen MR) is 103 cm³/mol. The number of benzene rings is 2. The third-order valence-corrected chi connectivity index (χ3v) is 5.31. The average molecular weight is 415 g/mol. The normalized spacial score (nSPS) is 17.0. The topological polar surface area (TPSA) is 59.2 Å². The molecule has 1 aliphatic rings. The van der Waals surface area contributed by atoms with Gasteiger partial charge in [-0.25, -0.2) is 0 Å². The van der Waals surface area contributed by atoms with Gasteiger partial charge in [-0.05, 0) is 31.0 Å². The molecule has 0 spiro atoms. The molecule has 1 saturated heterocycles. The number of aromatic nitrogens is 2. The van der Waals surface area contributed by atoms with E-state index in [1.54, 1.807) is 0 Å². The largest absolute Gasteiger partial charge is 0.416 e. The van der Waals surface area contributed by atoms with Gasteiger partial charge in [0.2, 0.25) is 17.6 Å². The van der Waals surface area contributed by atoms with Crippen molar-refractivity contribution in [2.24, 2.45) is 0 Å². The minimum atomic E-state index is -4.47. The summed E-state index contributed by atoms with van der Waals surface area (Å²) in [4.78, 5) is 18.3. The number of carbonyl (C=O) groups is 1. The van der Waals surface area contributed by atoms with Crippen molar-refractivity contribution in [1.82, 2.24) is 15.0 Å². The molecule has 3 aromatic rings. The van der Waals surface area contributed by atoms with Crippen molar-refractivity contribution in [2.45, 2.75) is 38.9 Å². The van der Waals surface area contributed by atoms with Crippen LogP contribution < -0.4 is 0 Å². The summed E-state index contributed by atoms with van der Waals surface area (Å²) in [6.07, 6.45) is -4.34. The highest BCUT2D eigenvalue weighted by molar-refractivity contribution is 5.79. The Morgan fingerprint density at radius 3 is 2.67 bits per heavy atom. The number of rotatable bonds is 4. The zero-order chi connectivity index (χ0) is 21.5. The van der Waals surface area contributed by atoms with E-state index in [0.717, 1.165) is 22.8 Å². The van der Waals surface area contributed by atoms with Crippen molar-refractivity contribution in [3.05, 3.63) is 70.6 Å². The second-order valence-corrected chi connectivity index (χ2v) is 7.60. The molecule has 0 bridgehead atoms. The van der Waals surface area contributed by atoms with Crippen LogP contribution in [0.5, 0.6) is 0 Å². The number of aryl methyl sites for hydroxylation is 2. The summed E-state index contributed by atoms with van der Waals surface area (Å²) < 4.78 is 45.1. The van der Waals surface area contributed by atoms with Crippen molar-refractivity contribution in [3.8, 4) is 11.4 Å². The van der Waals surface area contributed by atoms with Crippen LogP contribution in [0, 0.1) is 13.8 Å². The third kappa shape index (κ3) is 3.94. The monoisotopic (exact) mass is 415 g/mol. The standard InChI is InChI=1S/C22H20F3N3O2/c1-13-7-8-17(14(2)9-13)20-26-21(30-27-20)16-10-19(29)28(12-16)11-15-5-3-4-6-18(15)22(23,24)25/h3-9,16H,10-12H2,1-2H3. The summed E-state index contributed by atoms with van der Waals surface area (Å²) >= 11 is 0. The van der Waals surface area contributed by atoms with Crippen LogP contribution in [-0.2, 0) is 17.5 Å². The minimum Gasteiger partial charge on any atom is -0.339 e. The molecule has 1 atom stereocenters. The van der Waals surface area contributed by atoms with Gasteiger partial charge in [-0.15, -0.1) is 0 Å². The van der Waals surface area contributed by atoms with Crippen molar-refractivity contribution < 1.29 is 22.5 Å². The molecule has 156 valence electrons. The van der Waals surface area contributed by atoms with Gasteiger partial charge in [-0.1, -0.05) is 47.1 Å². The lowest BCUT2D eigenvalue weighted by Gasteiger charge is -2.19. The summed E-state index contributed by atoms with van der Waals surface area (Å²) in [7, 11) is 0. The maximum Gasteiger partial charge on any atom is 0.416 e. The first-order valence-electron chi connectivity index (χ1n) is 9.56. The molecular formula is C22H20F3N3O2. The number of carbonyl (C=O) groups excluding carboxylic acids is 1. The zero-order valence-corrected chi connectivity index (χ0v) is 16.5. The summed E-state index contributed by atoms with van der Waals surface area (Å²) in [5.41, 5.74) is 2.32. The van der Waals surface area contributed by atoms with Gasteiger partial charge in [0.1, 0.15) is 0 Å². The van der Waals surface area contributed by atoms with Crippen molar-refractivity contribution >= 4 is 5.91 Å². The van der Waals surface area contributed by atoms with Crippen LogP contribution in [0.1, 0.15) is 40.5 Å². The maximum absolute atomic E-state index is 13.2. The number of likely N-dealkylation sites (tertiary alicyclic amines) is 1. The van der Waals surface area contributed by atoms with E-state index >= 15 is 0 Å². The molecule has 1 unspecified atom stereocenters. The van der Waals surface area contributed by atoms with E-state index < -0.39 is 11.7 Å². The highest BCUT2D eigenvalue weighted by Gasteiger charge is 2.37. The van der Waals surface area contributed by atoms with Crippen molar-refractivity contribution in [3.63, 3.8) is 0 Å². The van der Waals surface area contributed by atoms with Crippen LogP contribution in [0.15, 0.2) is 47.0 Å². The van der Waals surface area contributed by atoms with Crippen LogP contribution in [0.4, 0.5) is 13.2 Å². The molecule has 1 aromatic heterocycles. The number of alkyl halides is 3. The molecule has 2 heterocycles. The first kappa shape index (κ1) is 20.1. The number of hydrogen-bond acceptors (Lipinski definition) is 4. The minimum absolute atomic E-state index is 0.0699. The van der Waals surface area contributed by atoms with Crippen molar-refractivity contribution in [2.75, 3.05) is 6.54 Å². The Morgan fingerprint density at radius 1 is 1.17 bits per heavy atom. The highest BCUT2D eigenvalue weighted by Crippen LogP contribution is 2.35. The number of amides is 1. The summed E-state index contributed by atoms with van der Waals surface area (Å²) in [6, 6.07) is 11.2. The fourth-order valence-electron chi connectivity index (χ4n) is 3.81. The number of nitrogens with zero attached hydrogens (tertiary/aromatic N) is 3. The number of halogens is 3. The third-order valence-electron chi connectivity index (χ3n) is 5.31. The fraction of sp³-hybridized carbons (Fsp3) is 0.318. The summed E-state index contributed by atoms with van der Waals surface area (Å²) in [5.74, 6) is 0.187. The Morgan fingerprint density at radius 2 is 1.93 bits per heavy atom. The zero-order valence-electron chi connectivity index (χ0n) is 16.5. The lowest BCUT2D eigenvalue weighted by molar-refractivity contribution is -0.139. The lowest BCUT2D eigenvalue weighted by Crippen LogP contribution is -2.26. The molecule has 30 heavy (non-hydrogen) atoms. The molecular weight excluding hydrogens is 395 g/mol. The van der Waals surface area contributed by atoms with Gasteiger partial charge >= 0.3 is 6.18 Å². The summed E-state index contributed by atoms with van der Waals surface area (Å²) in [6.45, 7) is 4.08. The molecule has 1 fully saturated rings. The van der Waals surface area contributed by atoms with Crippen molar-refractivity contribution in [1.29, 1.82) is 0 Å². The molecule has 5 nitrogen and oxygen atoms in total. The molecule has 0 radical (unpaired) electrons. The van der Waals surface area contributed by atoms with Crippen LogP contribution in [0.25, 0.3) is 11.4 Å². The first-order chi connectivity index (χ1) is 14.2. The number of hydrogen-bond donors (Lipinski definition) is 0. The molecule has 0 saturated carbocycles. The molecule has 2 aromatic carbocycles. The second-order valence-electron chi connectivity index (χ2n) is 7.60. The van der Waals surface area contributed by atoms with E-state index in [9.17, 15) is 18.0 Å². The van der Waals surface area contributed by atoms with Gasteiger partial charge in [-0.2, -0.15) is 18.2 Å². The molecule has 1 amide bonds. The van der Waals surface area contributed by atoms with E-state index in [1.807, 2.05) is 32.0 Å². The highest BCUT2D eigenvalue weighted by atomic mass is 19.4. The Balaban J connectivity index is 1.52. The Kier molecular flexibility index (Phi) is 5.09. The molecule has 0 N–H and O–H groups in total. The average Bonchev–Trinajstić information content (AvgIpc) is 3.29. The van der Waals surface area contributed by atoms with Gasteiger partial charge in [0.25, 0.3) is 0 Å². The van der Waals surface area contributed by atoms with E-state index in [4.69, 9.17) is 4.52 Å². The van der Waals surface area contributed by atoms with Gasteiger partial charge < -0.3 is 9.42 Å².